The molecule has 2 rings (SSSR count). The van der Waals surface area contributed by atoms with Gasteiger partial charge in [0.15, 0.2) is 0 Å². The Balaban J connectivity index is 1.77. The summed E-state index contributed by atoms with van der Waals surface area (Å²) in [5.41, 5.74) is 2.19. The third kappa shape index (κ3) is 2.74. The van der Waals surface area contributed by atoms with Crippen LogP contribution in [0.25, 0.3) is 0 Å². The van der Waals surface area contributed by atoms with Crippen molar-refractivity contribution in [3.8, 4) is 0 Å². The van der Waals surface area contributed by atoms with Gasteiger partial charge in [-0.2, -0.15) is 0 Å². The first-order chi connectivity index (χ1) is 8.18. The molecule has 1 atom stereocenters. The molecule has 17 heavy (non-hydrogen) atoms. The number of carbonyl (C=O) groups excluding carboxylic acids is 1. The van der Waals surface area contributed by atoms with Crippen LogP contribution in [0.3, 0.4) is 0 Å². The van der Waals surface area contributed by atoms with Gasteiger partial charge in [-0.15, -0.1) is 0 Å². The molecule has 0 bridgehead atoms. The summed E-state index contributed by atoms with van der Waals surface area (Å²) in [7, 11) is 0. The van der Waals surface area contributed by atoms with Crippen LogP contribution in [-0.2, 0) is 11.3 Å². The second-order valence-electron chi connectivity index (χ2n) is 4.21. The summed E-state index contributed by atoms with van der Waals surface area (Å²) in [6, 6.07) is -0.166. The van der Waals surface area contributed by atoms with E-state index in [2.05, 4.69) is 15.6 Å². The molecule has 1 aliphatic heterocycles. The van der Waals surface area contributed by atoms with Gasteiger partial charge in [-0.25, -0.2) is 4.98 Å². The van der Waals surface area contributed by atoms with E-state index in [1.807, 2.05) is 36.9 Å². The van der Waals surface area contributed by atoms with Crippen LogP contribution < -0.4 is 10.6 Å². The quantitative estimate of drug-likeness (QED) is 0.729. The first kappa shape index (κ1) is 11.9. The van der Waals surface area contributed by atoms with Crippen molar-refractivity contribution in [1.82, 2.24) is 20.2 Å². The number of carbonyl (C=O) groups is 1. The summed E-state index contributed by atoms with van der Waals surface area (Å²) in [4.78, 5) is 15.9. The zero-order valence-corrected chi connectivity index (χ0v) is 10.2. The lowest BCUT2D eigenvalue weighted by atomic mass is 10.3. The molecule has 0 saturated carbocycles. The Kier molecular flexibility index (Phi) is 3.58. The predicted octanol–water partition coefficient (Wildman–Crippen LogP) is 0.144. The number of aromatic nitrogens is 2. The number of rotatable bonds is 4. The standard InChI is InChI=1S/C12H18N4O/c1-9-10(2)16(8-15-9)7-6-14-12(17)11-4-3-5-13-11/h3-4,8,11,13H,5-7H2,1-2H3,(H,14,17). The molecule has 0 saturated heterocycles. The monoisotopic (exact) mass is 234 g/mol. The van der Waals surface area contributed by atoms with E-state index in [4.69, 9.17) is 0 Å². The molecule has 5 nitrogen and oxygen atoms in total. The summed E-state index contributed by atoms with van der Waals surface area (Å²) in [5.74, 6) is 0.0354. The number of hydrogen-bond acceptors (Lipinski definition) is 3. The van der Waals surface area contributed by atoms with Gasteiger partial charge >= 0.3 is 0 Å². The fraction of sp³-hybridized carbons (Fsp3) is 0.500. The van der Waals surface area contributed by atoms with Gasteiger partial charge in [0, 0.05) is 25.3 Å². The number of amides is 1. The lowest BCUT2D eigenvalue weighted by molar-refractivity contribution is -0.121. The van der Waals surface area contributed by atoms with E-state index in [0.717, 1.165) is 24.5 Å². The molecule has 1 amide bonds. The number of imidazole rings is 1. The van der Waals surface area contributed by atoms with E-state index in [1.165, 1.54) is 0 Å². The van der Waals surface area contributed by atoms with E-state index in [1.54, 1.807) is 0 Å². The second kappa shape index (κ2) is 5.14. The first-order valence-corrected chi connectivity index (χ1v) is 5.84. The van der Waals surface area contributed by atoms with Crippen LogP contribution in [0.5, 0.6) is 0 Å². The molecule has 0 radical (unpaired) electrons. The highest BCUT2D eigenvalue weighted by atomic mass is 16.2. The number of nitrogens with one attached hydrogen (secondary N) is 2. The Bertz CT molecular complexity index is 436. The molecule has 2 N–H and O–H groups in total. The van der Waals surface area contributed by atoms with E-state index in [-0.39, 0.29) is 11.9 Å². The maximum atomic E-state index is 11.7. The van der Waals surface area contributed by atoms with Gasteiger partial charge in [-0.1, -0.05) is 12.2 Å². The summed E-state index contributed by atoms with van der Waals surface area (Å²) in [6.45, 7) is 6.18. The van der Waals surface area contributed by atoms with E-state index in [9.17, 15) is 4.79 Å². The van der Waals surface area contributed by atoms with Gasteiger partial charge in [0.1, 0.15) is 6.04 Å². The van der Waals surface area contributed by atoms with Gasteiger partial charge in [-0.05, 0) is 13.8 Å². The average molecular weight is 234 g/mol. The van der Waals surface area contributed by atoms with Gasteiger partial charge in [0.2, 0.25) is 5.91 Å². The van der Waals surface area contributed by atoms with Crippen molar-refractivity contribution in [1.29, 1.82) is 0 Å². The smallest absolute Gasteiger partial charge is 0.241 e. The minimum absolute atomic E-state index is 0.0354. The zero-order chi connectivity index (χ0) is 12.3. The van der Waals surface area contributed by atoms with E-state index in [0.29, 0.717) is 6.54 Å². The molecular formula is C12H18N4O. The molecule has 5 heteroatoms. The van der Waals surface area contributed by atoms with Gasteiger partial charge in [0.05, 0.1) is 12.0 Å². The van der Waals surface area contributed by atoms with Crippen LogP contribution in [0.4, 0.5) is 0 Å². The van der Waals surface area contributed by atoms with Crippen LogP contribution in [0.2, 0.25) is 0 Å². The van der Waals surface area contributed by atoms with Gasteiger partial charge in [-0.3, -0.25) is 10.1 Å². The Hall–Kier alpha value is -1.62. The topological polar surface area (TPSA) is 59.0 Å². The fourth-order valence-electron chi connectivity index (χ4n) is 1.83. The molecule has 1 aromatic heterocycles. The van der Waals surface area contributed by atoms with Crippen molar-refractivity contribution < 1.29 is 4.79 Å². The zero-order valence-electron chi connectivity index (χ0n) is 10.2. The number of aryl methyl sites for hydroxylation is 1. The lowest BCUT2D eigenvalue weighted by Crippen LogP contribution is -2.41. The Morgan fingerprint density at radius 1 is 1.65 bits per heavy atom. The fourth-order valence-corrected chi connectivity index (χ4v) is 1.83. The van der Waals surface area contributed by atoms with Crippen LogP contribution in [0.15, 0.2) is 18.5 Å². The van der Waals surface area contributed by atoms with E-state index >= 15 is 0 Å². The molecule has 1 unspecified atom stereocenters. The largest absolute Gasteiger partial charge is 0.353 e. The predicted molar refractivity (Wildman–Crippen MR) is 65.6 cm³/mol. The maximum absolute atomic E-state index is 11.7. The van der Waals surface area contributed by atoms with Crippen LogP contribution >= 0.6 is 0 Å². The summed E-state index contributed by atoms with van der Waals surface area (Å²) in [6.07, 6.45) is 5.67. The van der Waals surface area contributed by atoms with Crippen LogP contribution in [0, 0.1) is 13.8 Å². The van der Waals surface area contributed by atoms with Gasteiger partial charge in [0.25, 0.3) is 0 Å². The number of nitrogens with zero attached hydrogens (tertiary/aromatic N) is 2. The molecule has 0 aliphatic carbocycles. The molecule has 1 aromatic rings. The highest BCUT2D eigenvalue weighted by Gasteiger charge is 2.16. The number of hydrogen-bond donors (Lipinski definition) is 2. The molecule has 0 aromatic carbocycles. The highest BCUT2D eigenvalue weighted by molar-refractivity contribution is 5.84. The molecule has 1 aliphatic rings. The van der Waals surface area contributed by atoms with Crippen molar-refractivity contribution in [2.45, 2.75) is 26.4 Å². The molecule has 92 valence electrons. The third-order valence-electron chi connectivity index (χ3n) is 3.06. The van der Waals surface area contributed by atoms with Crippen molar-refractivity contribution in [2.24, 2.45) is 0 Å². The van der Waals surface area contributed by atoms with Crippen LogP contribution in [-0.4, -0.2) is 34.6 Å². The minimum Gasteiger partial charge on any atom is -0.353 e. The van der Waals surface area contributed by atoms with Crippen LogP contribution in [0.1, 0.15) is 11.4 Å². The normalized spacial score (nSPS) is 18.6. The Labute approximate surface area is 101 Å². The lowest BCUT2D eigenvalue weighted by Gasteiger charge is -2.11. The van der Waals surface area contributed by atoms with Crippen molar-refractivity contribution in [3.63, 3.8) is 0 Å². The average Bonchev–Trinajstić information content (AvgIpc) is 2.93. The minimum atomic E-state index is -0.166. The summed E-state index contributed by atoms with van der Waals surface area (Å²) < 4.78 is 2.05. The maximum Gasteiger partial charge on any atom is 0.241 e. The molecule has 0 fully saturated rings. The van der Waals surface area contributed by atoms with Crippen molar-refractivity contribution >= 4 is 5.91 Å². The Morgan fingerprint density at radius 2 is 2.47 bits per heavy atom. The first-order valence-electron chi connectivity index (χ1n) is 5.84. The van der Waals surface area contributed by atoms with Crippen molar-refractivity contribution in [2.75, 3.05) is 13.1 Å². The van der Waals surface area contributed by atoms with Gasteiger partial charge < -0.3 is 9.88 Å². The third-order valence-corrected chi connectivity index (χ3v) is 3.06. The summed E-state index contributed by atoms with van der Waals surface area (Å²) >= 11 is 0. The van der Waals surface area contributed by atoms with E-state index < -0.39 is 0 Å². The summed E-state index contributed by atoms with van der Waals surface area (Å²) in [5, 5.41) is 5.99. The second-order valence-corrected chi connectivity index (χ2v) is 4.21. The highest BCUT2D eigenvalue weighted by Crippen LogP contribution is 2.03. The molecular weight excluding hydrogens is 216 g/mol. The SMILES string of the molecule is Cc1ncn(CCNC(=O)C2C=CCN2)c1C. The van der Waals surface area contributed by atoms with Crippen molar-refractivity contribution in [3.05, 3.63) is 29.9 Å². The molecule has 2 heterocycles. The molecule has 0 spiro atoms. The Morgan fingerprint density at radius 3 is 3.06 bits per heavy atom.